The number of carbonyl (C=O) groups is 3. The summed E-state index contributed by atoms with van der Waals surface area (Å²) in [5.74, 6) is -0.530. The van der Waals surface area contributed by atoms with Crippen LogP contribution in [-0.4, -0.2) is 36.7 Å². The monoisotopic (exact) mass is 490 g/mol. The van der Waals surface area contributed by atoms with Gasteiger partial charge in [-0.25, -0.2) is 9.59 Å². The number of ether oxygens (including phenoxy) is 2. The number of para-hydroxylation sites is 2. The molecule has 0 radical (unpaired) electrons. The second kappa shape index (κ2) is 13.9. The van der Waals surface area contributed by atoms with Crippen LogP contribution in [0.5, 0.6) is 0 Å². The van der Waals surface area contributed by atoms with Crippen molar-refractivity contribution >= 4 is 29.3 Å². The molecule has 0 fully saturated rings. The van der Waals surface area contributed by atoms with Crippen molar-refractivity contribution in [1.82, 2.24) is 5.32 Å². The molecule has 0 spiro atoms. The maximum Gasteiger partial charge on any atom is 0.407 e. The summed E-state index contributed by atoms with van der Waals surface area (Å²) >= 11 is 0. The highest BCUT2D eigenvalue weighted by molar-refractivity contribution is 6.00. The number of benzene rings is 2. The van der Waals surface area contributed by atoms with Crippen molar-refractivity contribution in [2.45, 2.75) is 58.1 Å². The molecule has 190 valence electrons. The topological polar surface area (TPSA) is 84.9 Å². The van der Waals surface area contributed by atoms with E-state index in [-0.39, 0.29) is 18.4 Å². The Labute approximate surface area is 212 Å². The van der Waals surface area contributed by atoms with Crippen LogP contribution < -0.4 is 10.2 Å². The largest absolute Gasteiger partial charge is 0.459 e. The zero-order valence-corrected chi connectivity index (χ0v) is 20.9. The summed E-state index contributed by atoms with van der Waals surface area (Å²) < 4.78 is 10.4. The van der Waals surface area contributed by atoms with Crippen LogP contribution >= 0.6 is 0 Å². The van der Waals surface area contributed by atoms with Gasteiger partial charge >= 0.3 is 12.1 Å². The highest BCUT2D eigenvalue weighted by Crippen LogP contribution is 2.26. The van der Waals surface area contributed by atoms with Crippen molar-refractivity contribution in [2.75, 3.05) is 11.5 Å². The van der Waals surface area contributed by atoms with E-state index in [1.165, 1.54) is 6.08 Å². The Morgan fingerprint density at radius 1 is 1.06 bits per heavy atom. The fourth-order valence-electron chi connectivity index (χ4n) is 4.04. The Balaban J connectivity index is 1.49. The number of anilines is 2. The molecule has 0 heterocycles. The number of allylic oxidation sites excluding steroid dienone is 2. The van der Waals surface area contributed by atoms with E-state index in [0.29, 0.717) is 19.4 Å². The third kappa shape index (κ3) is 8.41. The van der Waals surface area contributed by atoms with Crippen LogP contribution in [-0.2, 0) is 19.1 Å². The molecular weight excluding hydrogens is 456 g/mol. The maximum atomic E-state index is 13.1. The van der Waals surface area contributed by atoms with Gasteiger partial charge in [0.2, 0.25) is 5.91 Å². The number of carbonyl (C=O) groups excluding carboxylic acids is 3. The van der Waals surface area contributed by atoms with Gasteiger partial charge in [-0.05, 0) is 69.4 Å². The predicted octanol–water partition coefficient (Wildman–Crippen LogP) is 5.84. The molecule has 1 N–H and O–H groups in total. The van der Waals surface area contributed by atoms with Gasteiger partial charge in [-0.15, -0.1) is 0 Å². The first kappa shape index (κ1) is 26.7. The molecule has 0 aliphatic heterocycles. The average molecular weight is 491 g/mol. The number of hydrogen-bond acceptors (Lipinski definition) is 5. The van der Waals surface area contributed by atoms with E-state index in [1.807, 2.05) is 60.7 Å². The smallest absolute Gasteiger partial charge is 0.407 e. The van der Waals surface area contributed by atoms with Crippen LogP contribution in [0.15, 0.2) is 84.5 Å². The molecule has 0 saturated carbocycles. The Morgan fingerprint density at radius 3 is 2.31 bits per heavy atom. The van der Waals surface area contributed by atoms with Crippen molar-refractivity contribution in [1.29, 1.82) is 0 Å². The highest BCUT2D eigenvalue weighted by Gasteiger charge is 2.20. The molecule has 7 heteroatoms. The van der Waals surface area contributed by atoms with Crippen molar-refractivity contribution in [2.24, 2.45) is 0 Å². The van der Waals surface area contributed by atoms with E-state index in [9.17, 15) is 14.4 Å². The molecule has 2 aromatic rings. The molecule has 7 nitrogen and oxygen atoms in total. The minimum Gasteiger partial charge on any atom is -0.459 e. The molecule has 0 bridgehead atoms. The van der Waals surface area contributed by atoms with Gasteiger partial charge in [-0.1, -0.05) is 48.6 Å². The normalized spacial score (nSPS) is 16.1. The summed E-state index contributed by atoms with van der Waals surface area (Å²) in [7, 11) is 0. The quantitative estimate of drug-likeness (QED) is 0.334. The summed E-state index contributed by atoms with van der Waals surface area (Å²) in [5, 5.41) is 2.84. The van der Waals surface area contributed by atoms with Gasteiger partial charge in [0.25, 0.3) is 0 Å². The summed E-state index contributed by atoms with van der Waals surface area (Å²) in [6.45, 7) is 3.88. The van der Waals surface area contributed by atoms with Crippen molar-refractivity contribution in [3.63, 3.8) is 0 Å². The van der Waals surface area contributed by atoms with Gasteiger partial charge in [0.15, 0.2) is 0 Å². The van der Waals surface area contributed by atoms with Crippen molar-refractivity contribution in [3.05, 3.63) is 84.5 Å². The van der Waals surface area contributed by atoms with E-state index < -0.39 is 18.2 Å². The molecule has 2 amide bonds. The predicted molar refractivity (Wildman–Crippen MR) is 140 cm³/mol. The molecule has 0 aromatic heterocycles. The lowest BCUT2D eigenvalue weighted by molar-refractivity contribution is -0.143. The molecule has 2 atom stereocenters. The first-order chi connectivity index (χ1) is 17.5. The molecule has 2 aromatic carbocycles. The molecule has 0 saturated heterocycles. The van der Waals surface area contributed by atoms with Crippen LogP contribution in [0.25, 0.3) is 0 Å². The lowest BCUT2D eigenvalue weighted by atomic mass is 9.94. The SMILES string of the molecule is CCOC(=O)N[C@@H]1CCC=C(C=CC(=O)O[C@H](C)CCC(=O)N(c2ccccc2)c2ccccc2)C1. The fraction of sp³-hybridized carbons (Fsp3) is 0.345. The number of alkyl carbamates (subject to hydrolysis) is 1. The lowest BCUT2D eigenvalue weighted by Gasteiger charge is -2.24. The lowest BCUT2D eigenvalue weighted by Crippen LogP contribution is -2.36. The van der Waals surface area contributed by atoms with Crippen LogP contribution in [0.1, 0.15) is 46.0 Å². The number of nitrogens with zero attached hydrogens (tertiary/aromatic N) is 1. The Bertz CT molecular complexity index is 1030. The fourth-order valence-corrected chi connectivity index (χ4v) is 4.04. The number of amides is 2. The van der Waals surface area contributed by atoms with Gasteiger partial charge in [-0.2, -0.15) is 0 Å². The van der Waals surface area contributed by atoms with Crippen molar-refractivity contribution < 1.29 is 23.9 Å². The zero-order valence-electron chi connectivity index (χ0n) is 20.9. The first-order valence-electron chi connectivity index (χ1n) is 12.4. The van der Waals surface area contributed by atoms with Crippen LogP contribution in [0, 0.1) is 0 Å². The molecule has 1 aliphatic carbocycles. The van der Waals surface area contributed by atoms with Gasteiger partial charge in [0.05, 0.1) is 12.7 Å². The van der Waals surface area contributed by atoms with Gasteiger partial charge in [-0.3, -0.25) is 9.69 Å². The summed E-state index contributed by atoms with van der Waals surface area (Å²) in [5.41, 5.74) is 2.54. The minimum absolute atomic E-state index is 0.0215. The van der Waals surface area contributed by atoms with Gasteiger partial charge in [0, 0.05) is 29.9 Å². The number of hydrogen-bond donors (Lipinski definition) is 1. The Kier molecular flexibility index (Phi) is 10.3. The Hall–Kier alpha value is -3.87. The van der Waals surface area contributed by atoms with E-state index in [2.05, 4.69) is 11.4 Å². The van der Waals surface area contributed by atoms with Crippen LogP contribution in [0.4, 0.5) is 16.2 Å². The van der Waals surface area contributed by atoms with Crippen molar-refractivity contribution in [3.8, 4) is 0 Å². The zero-order chi connectivity index (χ0) is 25.8. The third-order valence-corrected chi connectivity index (χ3v) is 5.79. The summed E-state index contributed by atoms with van der Waals surface area (Å²) in [6, 6.07) is 19.0. The van der Waals surface area contributed by atoms with E-state index in [0.717, 1.165) is 29.8 Å². The standard InChI is InChI=1S/C29H34N2O5/c1-3-35-29(34)30-24-12-10-11-23(21-24)18-20-28(33)36-22(2)17-19-27(32)31(25-13-6-4-7-14-25)26-15-8-5-9-16-26/h4-9,11,13-16,18,20,22,24H,3,10,12,17,19,21H2,1-2H3,(H,30,34)/t22-,24-/m1/s1. The third-order valence-electron chi connectivity index (χ3n) is 5.79. The summed E-state index contributed by atoms with van der Waals surface area (Å²) in [4.78, 5) is 38.8. The van der Waals surface area contributed by atoms with E-state index in [1.54, 1.807) is 24.8 Å². The van der Waals surface area contributed by atoms with Crippen LogP contribution in [0.2, 0.25) is 0 Å². The molecular formula is C29H34N2O5. The average Bonchev–Trinajstić information content (AvgIpc) is 2.88. The highest BCUT2D eigenvalue weighted by atomic mass is 16.5. The van der Waals surface area contributed by atoms with E-state index >= 15 is 0 Å². The number of esters is 1. The Morgan fingerprint density at radius 2 is 1.69 bits per heavy atom. The molecule has 36 heavy (non-hydrogen) atoms. The van der Waals surface area contributed by atoms with E-state index in [4.69, 9.17) is 9.47 Å². The number of rotatable bonds is 10. The maximum absolute atomic E-state index is 13.1. The molecule has 3 rings (SSSR count). The second-order valence-corrected chi connectivity index (χ2v) is 8.64. The molecule has 1 aliphatic rings. The molecule has 0 unspecified atom stereocenters. The van der Waals surface area contributed by atoms with Crippen LogP contribution in [0.3, 0.4) is 0 Å². The first-order valence-corrected chi connectivity index (χ1v) is 12.4. The van der Waals surface area contributed by atoms with Gasteiger partial charge < -0.3 is 14.8 Å². The summed E-state index contributed by atoms with van der Waals surface area (Å²) in [6.07, 6.45) is 7.24. The minimum atomic E-state index is -0.459. The number of nitrogens with one attached hydrogen (secondary N) is 1. The second-order valence-electron chi connectivity index (χ2n) is 8.64. The van der Waals surface area contributed by atoms with Gasteiger partial charge in [0.1, 0.15) is 0 Å².